The predicted octanol–water partition coefficient (Wildman–Crippen LogP) is 4.61. The summed E-state index contributed by atoms with van der Waals surface area (Å²) < 4.78 is 13.8. The van der Waals surface area contributed by atoms with Gasteiger partial charge in [-0.1, -0.05) is 17.7 Å². The smallest absolute Gasteiger partial charge is 0.196 e. The first-order valence-corrected chi connectivity index (χ1v) is 6.93. The van der Waals surface area contributed by atoms with Gasteiger partial charge in [0.25, 0.3) is 0 Å². The lowest BCUT2D eigenvalue weighted by atomic mass is 10.0. The van der Waals surface area contributed by atoms with Crippen LogP contribution >= 0.6 is 15.9 Å². The number of carbonyl (C=O) groups excluding carboxylic acids is 1. The van der Waals surface area contributed by atoms with Crippen molar-refractivity contribution in [3.8, 4) is 0 Å². The molecular weight excluding hydrogens is 321 g/mol. The van der Waals surface area contributed by atoms with Crippen molar-refractivity contribution in [2.24, 2.45) is 0 Å². The molecule has 0 bridgehead atoms. The largest absolute Gasteiger partial charge is 0.360 e. The van der Waals surface area contributed by atoms with E-state index in [0.29, 0.717) is 11.1 Å². The third kappa shape index (κ3) is 2.06. The number of aromatic nitrogens is 1. The molecule has 4 heteroatoms. The third-order valence-corrected chi connectivity index (χ3v) is 4.08. The maximum Gasteiger partial charge on any atom is 0.196 e. The molecular formula is C16H11BrFNO. The summed E-state index contributed by atoms with van der Waals surface area (Å²) in [5.74, 6) is -0.639. The molecule has 1 N–H and O–H groups in total. The first kappa shape index (κ1) is 13.1. The fraction of sp³-hybridized carbons (Fsp3) is 0.0625. The average Bonchev–Trinajstić information content (AvgIpc) is 2.84. The Kier molecular flexibility index (Phi) is 3.18. The standard InChI is InChI=1S/C16H11BrFNO/c1-9-5-6-14-11(7-9)12(8-19-14)16(20)10-3-2-4-13(18)15(10)17/h2-8,19H,1H3. The van der Waals surface area contributed by atoms with Gasteiger partial charge in [-0.3, -0.25) is 4.79 Å². The van der Waals surface area contributed by atoms with Crippen LogP contribution in [0.2, 0.25) is 0 Å². The molecule has 0 aliphatic heterocycles. The van der Waals surface area contributed by atoms with Gasteiger partial charge in [0.05, 0.1) is 4.47 Å². The molecule has 0 fully saturated rings. The van der Waals surface area contributed by atoms with Gasteiger partial charge >= 0.3 is 0 Å². The molecule has 0 saturated heterocycles. The Hall–Kier alpha value is -1.94. The Morgan fingerprint density at radius 1 is 1.20 bits per heavy atom. The molecule has 3 rings (SSSR count). The Labute approximate surface area is 123 Å². The predicted molar refractivity (Wildman–Crippen MR) is 80.6 cm³/mol. The summed E-state index contributed by atoms with van der Waals surface area (Å²) >= 11 is 3.14. The van der Waals surface area contributed by atoms with Gasteiger partial charge in [0.1, 0.15) is 5.82 Å². The molecule has 0 spiro atoms. The zero-order chi connectivity index (χ0) is 14.3. The molecule has 2 aromatic carbocycles. The van der Waals surface area contributed by atoms with E-state index < -0.39 is 5.82 Å². The number of nitrogens with one attached hydrogen (secondary N) is 1. The van der Waals surface area contributed by atoms with Crippen LogP contribution in [0.4, 0.5) is 4.39 Å². The molecule has 20 heavy (non-hydrogen) atoms. The Morgan fingerprint density at radius 3 is 2.80 bits per heavy atom. The fourth-order valence-electron chi connectivity index (χ4n) is 2.25. The van der Waals surface area contributed by atoms with Crippen LogP contribution in [0.3, 0.4) is 0 Å². The number of aryl methyl sites for hydroxylation is 1. The third-order valence-electron chi connectivity index (χ3n) is 3.28. The van der Waals surface area contributed by atoms with Crippen molar-refractivity contribution in [2.75, 3.05) is 0 Å². The number of hydrogen-bond acceptors (Lipinski definition) is 1. The number of halogens is 2. The number of fused-ring (bicyclic) bond motifs is 1. The van der Waals surface area contributed by atoms with Crippen LogP contribution in [-0.4, -0.2) is 10.8 Å². The summed E-state index contributed by atoms with van der Waals surface area (Å²) in [7, 11) is 0. The highest BCUT2D eigenvalue weighted by molar-refractivity contribution is 9.10. The van der Waals surface area contributed by atoms with Gasteiger partial charge in [-0.2, -0.15) is 0 Å². The van der Waals surface area contributed by atoms with E-state index in [1.807, 2.05) is 25.1 Å². The number of carbonyl (C=O) groups is 1. The van der Waals surface area contributed by atoms with Crippen molar-refractivity contribution in [3.63, 3.8) is 0 Å². The van der Waals surface area contributed by atoms with Crippen molar-refractivity contribution < 1.29 is 9.18 Å². The van der Waals surface area contributed by atoms with Crippen LogP contribution in [0.5, 0.6) is 0 Å². The molecule has 0 unspecified atom stereocenters. The van der Waals surface area contributed by atoms with Crippen LogP contribution in [0.15, 0.2) is 47.1 Å². The summed E-state index contributed by atoms with van der Waals surface area (Å²) in [4.78, 5) is 15.7. The Morgan fingerprint density at radius 2 is 2.00 bits per heavy atom. The number of hydrogen-bond donors (Lipinski definition) is 1. The lowest BCUT2D eigenvalue weighted by Crippen LogP contribution is -2.02. The molecule has 100 valence electrons. The lowest BCUT2D eigenvalue weighted by molar-refractivity contribution is 0.103. The maximum absolute atomic E-state index is 13.6. The average molecular weight is 332 g/mol. The number of rotatable bonds is 2. The highest BCUT2D eigenvalue weighted by Crippen LogP contribution is 2.27. The highest BCUT2D eigenvalue weighted by atomic mass is 79.9. The van der Waals surface area contributed by atoms with Gasteiger partial charge in [-0.15, -0.1) is 0 Å². The molecule has 1 heterocycles. The normalized spacial score (nSPS) is 10.9. The monoisotopic (exact) mass is 331 g/mol. The van der Waals surface area contributed by atoms with Crippen LogP contribution in [-0.2, 0) is 0 Å². The van der Waals surface area contributed by atoms with E-state index in [0.717, 1.165) is 16.5 Å². The number of H-pyrrole nitrogens is 1. The zero-order valence-electron chi connectivity index (χ0n) is 10.7. The van der Waals surface area contributed by atoms with Gasteiger partial charge < -0.3 is 4.98 Å². The molecule has 0 aliphatic carbocycles. The fourth-order valence-corrected chi connectivity index (χ4v) is 2.69. The summed E-state index contributed by atoms with van der Waals surface area (Å²) in [6.45, 7) is 1.97. The van der Waals surface area contributed by atoms with Crippen LogP contribution < -0.4 is 0 Å². The minimum atomic E-state index is -0.438. The second-order valence-corrected chi connectivity index (χ2v) is 5.47. The molecule has 3 aromatic rings. The zero-order valence-corrected chi connectivity index (χ0v) is 12.3. The molecule has 0 aliphatic rings. The van der Waals surface area contributed by atoms with Crippen molar-refractivity contribution in [1.82, 2.24) is 4.98 Å². The van der Waals surface area contributed by atoms with Gasteiger partial charge in [0, 0.05) is 28.2 Å². The van der Waals surface area contributed by atoms with Gasteiger partial charge in [-0.25, -0.2) is 4.39 Å². The molecule has 1 aromatic heterocycles. The number of ketones is 1. The van der Waals surface area contributed by atoms with Gasteiger partial charge in [-0.05, 0) is 47.1 Å². The van der Waals surface area contributed by atoms with Crippen molar-refractivity contribution >= 4 is 32.6 Å². The lowest BCUT2D eigenvalue weighted by Gasteiger charge is -2.04. The quantitative estimate of drug-likeness (QED) is 0.683. The van der Waals surface area contributed by atoms with E-state index in [1.165, 1.54) is 12.1 Å². The topological polar surface area (TPSA) is 32.9 Å². The van der Waals surface area contributed by atoms with Crippen molar-refractivity contribution in [3.05, 3.63) is 69.6 Å². The van der Waals surface area contributed by atoms with E-state index in [-0.39, 0.29) is 10.3 Å². The molecule has 0 amide bonds. The Balaban J connectivity index is 2.18. The van der Waals surface area contributed by atoms with Crippen molar-refractivity contribution in [2.45, 2.75) is 6.92 Å². The van der Waals surface area contributed by atoms with Gasteiger partial charge in [0.2, 0.25) is 0 Å². The molecule has 0 saturated carbocycles. The van der Waals surface area contributed by atoms with E-state index in [4.69, 9.17) is 0 Å². The van der Waals surface area contributed by atoms with E-state index >= 15 is 0 Å². The summed E-state index contributed by atoms with van der Waals surface area (Å²) in [5.41, 5.74) is 2.85. The van der Waals surface area contributed by atoms with Gasteiger partial charge in [0.15, 0.2) is 5.78 Å². The second-order valence-electron chi connectivity index (χ2n) is 4.68. The van der Waals surface area contributed by atoms with Crippen LogP contribution in [0.25, 0.3) is 10.9 Å². The summed E-state index contributed by atoms with van der Waals surface area (Å²) in [6.07, 6.45) is 1.67. The van der Waals surface area contributed by atoms with Crippen LogP contribution in [0, 0.1) is 12.7 Å². The number of benzene rings is 2. The first-order valence-electron chi connectivity index (χ1n) is 6.14. The number of aromatic amines is 1. The molecule has 2 nitrogen and oxygen atoms in total. The summed E-state index contributed by atoms with van der Waals surface area (Å²) in [6, 6.07) is 10.3. The van der Waals surface area contributed by atoms with E-state index in [9.17, 15) is 9.18 Å². The highest BCUT2D eigenvalue weighted by Gasteiger charge is 2.18. The minimum absolute atomic E-state index is 0.201. The first-order chi connectivity index (χ1) is 9.58. The van der Waals surface area contributed by atoms with E-state index in [2.05, 4.69) is 20.9 Å². The minimum Gasteiger partial charge on any atom is -0.360 e. The maximum atomic E-state index is 13.6. The summed E-state index contributed by atoms with van der Waals surface area (Å²) in [5, 5.41) is 0.853. The Bertz CT molecular complexity index is 822. The SMILES string of the molecule is Cc1ccc2[nH]cc(C(=O)c3cccc(F)c3Br)c2c1. The second kappa shape index (κ2) is 4.87. The molecule has 0 atom stereocenters. The molecule has 0 radical (unpaired) electrons. The van der Waals surface area contributed by atoms with E-state index in [1.54, 1.807) is 12.3 Å². The van der Waals surface area contributed by atoms with Crippen molar-refractivity contribution in [1.29, 1.82) is 0 Å². The van der Waals surface area contributed by atoms with Crippen LogP contribution in [0.1, 0.15) is 21.5 Å².